The molecule has 0 amide bonds. The summed E-state index contributed by atoms with van der Waals surface area (Å²) in [6.45, 7) is 15.0. The summed E-state index contributed by atoms with van der Waals surface area (Å²) in [5.74, 6) is -0.936. The molecule has 11 nitrogen and oxygen atoms in total. The third-order valence-electron chi connectivity index (χ3n) is 9.72. The summed E-state index contributed by atoms with van der Waals surface area (Å²) < 4.78 is 44.1. The third-order valence-corrected chi connectivity index (χ3v) is 11.7. The molecule has 2 unspecified atom stereocenters. The molecule has 14 heteroatoms. The summed E-state index contributed by atoms with van der Waals surface area (Å²) in [7, 11) is 2.33. The number of carbonyl (C=O) groups excluding carboxylic acids is 2. The average molecular weight is 757 g/mol. The second-order valence-corrected chi connectivity index (χ2v) is 19.3. The Bertz CT molecular complexity index is 1220. The lowest BCUT2D eigenvalue weighted by molar-refractivity contribution is -0.890. The minimum Gasteiger partial charge on any atom is -0.465 e. The number of ether oxygens (including phenoxy) is 2. The molecule has 1 aromatic rings. The fraction of sp³-hybridized carbons (Fsp3) is 0.875. The normalized spacial score (nSPS) is 14.6. The van der Waals surface area contributed by atoms with Gasteiger partial charge in [0.15, 0.2) is 0 Å². The number of esters is 2. The molecule has 0 saturated heterocycles. The van der Waals surface area contributed by atoms with Crippen LogP contribution in [0, 0.1) is 16.2 Å². The first-order valence-electron chi connectivity index (χ1n) is 16.4. The molecule has 268 valence electrons. The van der Waals surface area contributed by atoms with E-state index in [1.807, 2.05) is 68.8 Å². The zero-order valence-corrected chi connectivity index (χ0v) is 33.3. The van der Waals surface area contributed by atoms with Crippen molar-refractivity contribution < 1.29 is 36.5 Å². The second kappa shape index (κ2) is 18.0. The molecule has 0 saturated carbocycles. The third kappa shape index (κ3) is 14.5. The zero-order chi connectivity index (χ0) is 35.5. The molecule has 46 heavy (non-hydrogen) atoms. The molecule has 0 aromatic carbocycles. The summed E-state index contributed by atoms with van der Waals surface area (Å²) in [4.78, 5) is 27.0. The van der Waals surface area contributed by atoms with Gasteiger partial charge in [0.05, 0.1) is 55.7 Å². The van der Waals surface area contributed by atoms with Crippen LogP contribution in [0.4, 0.5) is 0 Å². The first-order valence-corrected chi connectivity index (χ1v) is 19.3. The molecule has 1 rings (SSSR count). The predicted octanol–water partition coefficient (Wildman–Crippen LogP) is 6.25. The van der Waals surface area contributed by atoms with Gasteiger partial charge in [-0.2, -0.15) is 8.42 Å². The number of quaternary nitrogens is 1. The van der Waals surface area contributed by atoms with Crippen LogP contribution in [0.2, 0.25) is 0 Å². The summed E-state index contributed by atoms with van der Waals surface area (Å²) >= 11 is 3.73. The van der Waals surface area contributed by atoms with Crippen molar-refractivity contribution in [3.8, 4) is 0 Å². The summed E-state index contributed by atoms with van der Waals surface area (Å²) in [6.07, 6.45) is 11.1. The number of aryl methyl sites for hydroxylation is 1. The molecule has 1 aromatic heterocycles. The standard InChI is InChI=1S/C32H60BrN4O7PS/c1-29(2,25-32(7,31(5,6)33)28(39)44-22-20-37(8,9)19-17-23-46(40,41)42)30(3,4)27(38)43-21-16-14-12-10-11-13-15-18-26-24-36(45)35-34-26/h24H,10-23,25,45H2,1-9H3/p+1. The van der Waals surface area contributed by atoms with E-state index in [2.05, 4.69) is 35.6 Å². The van der Waals surface area contributed by atoms with E-state index in [-0.39, 0.29) is 24.3 Å². The van der Waals surface area contributed by atoms with Gasteiger partial charge in [0.2, 0.25) is 0 Å². The van der Waals surface area contributed by atoms with E-state index in [0.717, 1.165) is 50.6 Å². The monoisotopic (exact) mass is 755 g/mol. The first-order chi connectivity index (χ1) is 20.9. The van der Waals surface area contributed by atoms with Gasteiger partial charge < -0.3 is 14.0 Å². The Labute approximate surface area is 289 Å². The molecule has 0 radical (unpaired) electrons. The molecule has 1 N–H and O–H groups in total. The van der Waals surface area contributed by atoms with Gasteiger partial charge in [-0.3, -0.25) is 14.1 Å². The summed E-state index contributed by atoms with van der Waals surface area (Å²) in [5, 5.41) is 8.03. The quantitative estimate of drug-likeness (QED) is 0.0343. The van der Waals surface area contributed by atoms with E-state index in [0.29, 0.717) is 37.0 Å². The van der Waals surface area contributed by atoms with Gasteiger partial charge in [0.1, 0.15) is 13.2 Å². The Morgan fingerprint density at radius 2 is 1.43 bits per heavy atom. The SMILES string of the molecule is CC(C)(Br)C(C)(CC(C)(C)C(C)(C)C(=O)OCCCCCCCCCc1cn(P)nn1)C(=O)OCC[N+](C)(C)CCCS(=O)(=O)O. The highest BCUT2D eigenvalue weighted by Gasteiger charge is 2.55. The van der Waals surface area contributed by atoms with Crippen LogP contribution in [0.3, 0.4) is 0 Å². The largest absolute Gasteiger partial charge is 0.465 e. The Morgan fingerprint density at radius 3 is 1.96 bits per heavy atom. The van der Waals surface area contributed by atoms with E-state index in [4.69, 9.17) is 14.0 Å². The minimum absolute atomic E-state index is 0.157. The topological polar surface area (TPSA) is 138 Å². The Kier molecular flexibility index (Phi) is 16.8. The molecular weight excluding hydrogens is 695 g/mol. The van der Waals surface area contributed by atoms with Crippen molar-refractivity contribution in [3.05, 3.63) is 11.9 Å². The maximum atomic E-state index is 13.6. The van der Waals surface area contributed by atoms with Gasteiger partial charge in [-0.15, -0.1) is 5.10 Å². The molecule has 0 aliphatic heterocycles. The number of rotatable bonds is 23. The smallest absolute Gasteiger partial charge is 0.313 e. The molecule has 0 fully saturated rings. The lowest BCUT2D eigenvalue weighted by Gasteiger charge is -2.48. The highest BCUT2D eigenvalue weighted by atomic mass is 79.9. The van der Waals surface area contributed by atoms with Crippen molar-refractivity contribution in [3.63, 3.8) is 0 Å². The van der Waals surface area contributed by atoms with Crippen molar-refractivity contribution >= 4 is 47.4 Å². The summed E-state index contributed by atoms with van der Waals surface area (Å²) in [6, 6.07) is 0. The number of nitrogens with zero attached hydrogens (tertiary/aromatic N) is 4. The van der Waals surface area contributed by atoms with E-state index >= 15 is 0 Å². The molecule has 2 atom stereocenters. The Hall–Kier alpha value is -1.14. The van der Waals surface area contributed by atoms with Gasteiger partial charge in [-0.05, 0) is 75.1 Å². The second-order valence-electron chi connectivity index (χ2n) is 15.2. The minimum atomic E-state index is -4.01. The molecule has 0 aliphatic carbocycles. The Balaban J connectivity index is 2.58. The highest BCUT2D eigenvalue weighted by Crippen LogP contribution is 2.53. The molecule has 0 aliphatic rings. The Morgan fingerprint density at radius 1 is 0.891 bits per heavy atom. The van der Waals surface area contributed by atoms with Gasteiger partial charge in [0, 0.05) is 10.7 Å². The number of halogens is 1. The number of hydrogen-bond acceptors (Lipinski definition) is 8. The van der Waals surface area contributed by atoms with Crippen molar-refractivity contribution in [1.82, 2.24) is 14.8 Å². The fourth-order valence-electron chi connectivity index (χ4n) is 5.30. The lowest BCUT2D eigenvalue weighted by atomic mass is 9.58. The van der Waals surface area contributed by atoms with E-state index < -0.39 is 30.7 Å². The molecule has 0 spiro atoms. The van der Waals surface area contributed by atoms with Crippen molar-refractivity contribution in [2.24, 2.45) is 16.2 Å². The summed E-state index contributed by atoms with van der Waals surface area (Å²) in [5.41, 5.74) is -1.42. The van der Waals surface area contributed by atoms with Crippen molar-refractivity contribution in [1.29, 1.82) is 0 Å². The number of unbranched alkanes of at least 4 members (excludes halogenated alkanes) is 6. The zero-order valence-electron chi connectivity index (χ0n) is 29.7. The first kappa shape index (κ1) is 42.9. The van der Waals surface area contributed by atoms with Crippen molar-refractivity contribution in [2.75, 3.05) is 46.2 Å². The lowest BCUT2D eigenvalue weighted by Crippen LogP contribution is -2.52. The van der Waals surface area contributed by atoms with Gasteiger partial charge in [-0.1, -0.05) is 67.1 Å². The number of hydrogen-bond donors (Lipinski definition) is 1. The highest BCUT2D eigenvalue weighted by molar-refractivity contribution is 9.10. The van der Waals surface area contributed by atoms with Gasteiger partial charge >= 0.3 is 11.9 Å². The number of likely N-dealkylation sites (N-methyl/N-ethyl adjacent to an activating group) is 1. The predicted molar refractivity (Wildman–Crippen MR) is 189 cm³/mol. The average Bonchev–Trinajstić information content (AvgIpc) is 3.32. The number of alkyl halides is 1. The van der Waals surface area contributed by atoms with Crippen LogP contribution in [0.25, 0.3) is 0 Å². The van der Waals surface area contributed by atoms with Crippen molar-refractivity contribution in [2.45, 2.75) is 117 Å². The van der Waals surface area contributed by atoms with Crippen LogP contribution < -0.4 is 0 Å². The van der Waals surface area contributed by atoms with Gasteiger partial charge in [-0.25, -0.2) is 4.45 Å². The molecule has 0 bridgehead atoms. The van der Waals surface area contributed by atoms with Crippen LogP contribution in [0.1, 0.15) is 112 Å². The van der Waals surface area contributed by atoms with Crippen LogP contribution in [0.15, 0.2) is 6.20 Å². The molecule has 1 heterocycles. The van der Waals surface area contributed by atoms with Crippen LogP contribution in [-0.4, -0.2) is 94.6 Å². The van der Waals surface area contributed by atoms with E-state index in [1.54, 1.807) is 4.45 Å². The van der Waals surface area contributed by atoms with Crippen LogP contribution in [-0.2, 0) is 35.6 Å². The van der Waals surface area contributed by atoms with E-state index in [9.17, 15) is 18.0 Å². The number of carbonyl (C=O) groups is 2. The van der Waals surface area contributed by atoms with Crippen LogP contribution >= 0.6 is 25.3 Å². The maximum absolute atomic E-state index is 13.6. The fourth-order valence-corrected chi connectivity index (χ4v) is 6.32. The van der Waals surface area contributed by atoms with Crippen LogP contribution in [0.5, 0.6) is 0 Å². The maximum Gasteiger partial charge on any atom is 0.313 e. The number of aromatic nitrogens is 3. The van der Waals surface area contributed by atoms with Gasteiger partial charge in [0.25, 0.3) is 10.1 Å². The molecular formula is C32H61BrN4O7PS+. The van der Waals surface area contributed by atoms with E-state index in [1.165, 1.54) is 6.42 Å².